The zero-order chi connectivity index (χ0) is 16.0. The molecular formula is C18H26N4O. The fourth-order valence-electron chi connectivity index (χ4n) is 4.28. The molecule has 5 nitrogen and oxygen atoms in total. The highest BCUT2D eigenvalue weighted by Gasteiger charge is 2.45. The number of likely N-dealkylation sites (tertiary alicyclic amines) is 1. The zero-order valence-corrected chi connectivity index (χ0v) is 14.2. The molecule has 23 heavy (non-hydrogen) atoms. The monoisotopic (exact) mass is 314 g/mol. The Hall–Kier alpha value is -1.65. The minimum absolute atomic E-state index is 0.397. The number of fused-ring (bicyclic) bond motifs is 1. The Morgan fingerprint density at radius 2 is 2.04 bits per heavy atom. The number of anilines is 1. The predicted octanol–water partition coefficient (Wildman–Crippen LogP) is 2.33. The van der Waals surface area contributed by atoms with E-state index in [0.717, 1.165) is 56.1 Å². The molecule has 0 bridgehead atoms. The predicted molar refractivity (Wildman–Crippen MR) is 89.4 cm³/mol. The number of piperidine rings is 2. The summed E-state index contributed by atoms with van der Waals surface area (Å²) in [6, 6.07) is 3.16. The minimum Gasteiger partial charge on any atom is -0.356 e. The van der Waals surface area contributed by atoms with Crippen molar-refractivity contribution in [1.29, 1.82) is 0 Å². The molecule has 1 amide bonds. The van der Waals surface area contributed by atoms with Crippen molar-refractivity contribution in [3.05, 3.63) is 17.6 Å². The summed E-state index contributed by atoms with van der Waals surface area (Å²) in [5.41, 5.74) is 1.12. The van der Waals surface area contributed by atoms with Crippen LogP contribution in [-0.4, -0.2) is 45.9 Å². The third kappa shape index (κ3) is 2.81. The molecule has 3 fully saturated rings. The molecule has 5 heteroatoms. The lowest BCUT2D eigenvalue weighted by atomic mass is 9.83. The van der Waals surface area contributed by atoms with Gasteiger partial charge in [0.25, 0.3) is 0 Å². The van der Waals surface area contributed by atoms with Crippen LogP contribution in [0.2, 0.25) is 0 Å². The van der Waals surface area contributed by atoms with Crippen LogP contribution in [0, 0.1) is 12.8 Å². The lowest BCUT2D eigenvalue weighted by Crippen LogP contribution is -2.56. The molecule has 0 radical (unpaired) electrons. The zero-order valence-electron chi connectivity index (χ0n) is 14.2. The lowest BCUT2D eigenvalue weighted by Gasteiger charge is -2.47. The maximum absolute atomic E-state index is 12.3. The minimum atomic E-state index is 0.397. The van der Waals surface area contributed by atoms with Gasteiger partial charge in [0.1, 0.15) is 11.6 Å². The van der Waals surface area contributed by atoms with E-state index < -0.39 is 0 Å². The summed E-state index contributed by atoms with van der Waals surface area (Å²) in [4.78, 5) is 26.1. The molecule has 2 saturated heterocycles. The van der Waals surface area contributed by atoms with Gasteiger partial charge in [-0.2, -0.15) is 0 Å². The van der Waals surface area contributed by atoms with Crippen molar-refractivity contribution in [2.45, 2.75) is 64.5 Å². The summed E-state index contributed by atoms with van der Waals surface area (Å²) in [6.07, 6.45) is 6.22. The molecule has 2 aliphatic heterocycles. The van der Waals surface area contributed by atoms with Gasteiger partial charge in [0.05, 0.1) is 0 Å². The van der Waals surface area contributed by atoms with Crippen molar-refractivity contribution in [1.82, 2.24) is 14.9 Å². The van der Waals surface area contributed by atoms with Crippen LogP contribution in [0.15, 0.2) is 6.07 Å². The van der Waals surface area contributed by atoms with Crippen LogP contribution in [0.4, 0.5) is 5.82 Å². The standard InChI is InChI=1S/C18H26N4O/c1-3-14-10-17(20-12(2)19-14)21-9-8-16-13(11-21)4-7-18(23)22(16)15-5-6-15/h10,13,15-16H,3-9,11H2,1-2H3. The number of amides is 1. The number of rotatable bonds is 3. The summed E-state index contributed by atoms with van der Waals surface area (Å²) < 4.78 is 0. The van der Waals surface area contributed by atoms with Crippen LogP contribution in [0.1, 0.15) is 50.5 Å². The molecule has 1 aromatic rings. The molecule has 0 aromatic carbocycles. The van der Waals surface area contributed by atoms with E-state index in [1.54, 1.807) is 0 Å². The highest BCUT2D eigenvalue weighted by atomic mass is 16.2. The average molecular weight is 314 g/mol. The first-order valence-electron chi connectivity index (χ1n) is 9.06. The van der Waals surface area contributed by atoms with Crippen molar-refractivity contribution < 1.29 is 4.79 Å². The molecule has 4 rings (SSSR count). The van der Waals surface area contributed by atoms with Crippen LogP contribution in [0.3, 0.4) is 0 Å². The summed E-state index contributed by atoms with van der Waals surface area (Å²) in [7, 11) is 0. The largest absolute Gasteiger partial charge is 0.356 e. The number of hydrogen-bond acceptors (Lipinski definition) is 4. The van der Waals surface area contributed by atoms with Gasteiger partial charge in [0.15, 0.2) is 0 Å². The number of aryl methyl sites for hydroxylation is 2. The van der Waals surface area contributed by atoms with Crippen molar-refractivity contribution >= 4 is 11.7 Å². The quantitative estimate of drug-likeness (QED) is 0.859. The topological polar surface area (TPSA) is 49.3 Å². The van der Waals surface area contributed by atoms with Crippen molar-refractivity contribution in [2.75, 3.05) is 18.0 Å². The Bertz CT molecular complexity index is 613. The summed E-state index contributed by atoms with van der Waals surface area (Å²) in [6.45, 7) is 6.14. The highest BCUT2D eigenvalue weighted by molar-refractivity contribution is 5.78. The van der Waals surface area contributed by atoms with Crippen LogP contribution in [0.5, 0.6) is 0 Å². The van der Waals surface area contributed by atoms with Gasteiger partial charge in [-0.05, 0) is 44.9 Å². The molecule has 3 heterocycles. The Morgan fingerprint density at radius 1 is 1.22 bits per heavy atom. The van der Waals surface area contributed by atoms with E-state index in [9.17, 15) is 4.79 Å². The fourth-order valence-corrected chi connectivity index (χ4v) is 4.28. The van der Waals surface area contributed by atoms with Crippen molar-refractivity contribution in [3.8, 4) is 0 Å². The summed E-state index contributed by atoms with van der Waals surface area (Å²) in [5.74, 6) is 2.93. The molecule has 1 aromatic heterocycles. The highest BCUT2D eigenvalue weighted by Crippen LogP contribution is 2.39. The molecule has 2 unspecified atom stereocenters. The van der Waals surface area contributed by atoms with E-state index in [1.807, 2.05) is 6.92 Å². The van der Waals surface area contributed by atoms with E-state index >= 15 is 0 Å². The SMILES string of the molecule is CCc1cc(N2CCC3C(CCC(=O)N3C3CC3)C2)nc(C)n1. The molecule has 124 valence electrons. The van der Waals surface area contributed by atoms with Gasteiger partial charge in [0, 0.05) is 43.4 Å². The van der Waals surface area contributed by atoms with Crippen LogP contribution >= 0.6 is 0 Å². The van der Waals surface area contributed by atoms with Gasteiger partial charge >= 0.3 is 0 Å². The Morgan fingerprint density at radius 3 is 2.78 bits per heavy atom. The van der Waals surface area contributed by atoms with Crippen LogP contribution < -0.4 is 4.90 Å². The van der Waals surface area contributed by atoms with E-state index in [4.69, 9.17) is 0 Å². The maximum Gasteiger partial charge on any atom is 0.223 e. The molecule has 1 saturated carbocycles. The van der Waals surface area contributed by atoms with Gasteiger partial charge in [-0.15, -0.1) is 0 Å². The molecule has 0 spiro atoms. The first kappa shape index (κ1) is 14.9. The molecule has 2 atom stereocenters. The smallest absolute Gasteiger partial charge is 0.223 e. The van der Waals surface area contributed by atoms with Crippen LogP contribution in [0.25, 0.3) is 0 Å². The molecule has 3 aliphatic rings. The Labute approximate surface area is 138 Å². The summed E-state index contributed by atoms with van der Waals surface area (Å²) >= 11 is 0. The van der Waals surface area contributed by atoms with E-state index in [0.29, 0.717) is 23.9 Å². The fraction of sp³-hybridized carbons (Fsp3) is 0.722. The number of aromatic nitrogens is 2. The first-order chi connectivity index (χ1) is 11.2. The maximum atomic E-state index is 12.3. The van der Waals surface area contributed by atoms with E-state index in [2.05, 4.69) is 32.8 Å². The number of carbonyl (C=O) groups is 1. The van der Waals surface area contributed by atoms with Gasteiger partial charge in [0.2, 0.25) is 5.91 Å². The first-order valence-corrected chi connectivity index (χ1v) is 9.06. The number of hydrogen-bond donors (Lipinski definition) is 0. The Kier molecular flexibility index (Phi) is 3.74. The van der Waals surface area contributed by atoms with Gasteiger partial charge in [-0.3, -0.25) is 4.79 Å². The average Bonchev–Trinajstić information content (AvgIpc) is 3.38. The molecule has 1 aliphatic carbocycles. The van der Waals surface area contributed by atoms with Gasteiger partial charge in [-0.1, -0.05) is 6.92 Å². The third-order valence-electron chi connectivity index (χ3n) is 5.57. The molecular weight excluding hydrogens is 288 g/mol. The second-order valence-corrected chi connectivity index (χ2v) is 7.25. The van der Waals surface area contributed by atoms with E-state index in [1.165, 1.54) is 12.8 Å². The third-order valence-corrected chi connectivity index (χ3v) is 5.57. The van der Waals surface area contributed by atoms with Crippen molar-refractivity contribution in [2.24, 2.45) is 5.92 Å². The van der Waals surface area contributed by atoms with Gasteiger partial charge in [-0.25, -0.2) is 9.97 Å². The Balaban J connectivity index is 1.53. The van der Waals surface area contributed by atoms with Crippen molar-refractivity contribution in [3.63, 3.8) is 0 Å². The van der Waals surface area contributed by atoms with Gasteiger partial charge < -0.3 is 9.80 Å². The molecule has 0 N–H and O–H groups in total. The number of nitrogens with zero attached hydrogens (tertiary/aromatic N) is 4. The summed E-state index contributed by atoms with van der Waals surface area (Å²) in [5, 5.41) is 0. The van der Waals surface area contributed by atoms with Crippen LogP contribution in [-0.2, 0) is 11.2 Å². The normalized spacial score (nSPS) is 28.0. The second-order valence-electron chi connectivity index (χ2n) is 7.25. The lowest BCUT2D eigenvalue weighted by molar-refractivity contribution is -0.140. The second kappa shape index (κ2) is 5.77. The number of carbonyl (C=O) groups excluding carboxylic acids is 1. The van der Waals surface area contributed by atoms with E-state index in [-0.39, 0.29) is 0 Å².